The molecule has 1 heterocycles. The maximum Gasteiger partial charge on any atom is 0.339 e. The molecule has 1 aliphatic heterocycles. The first-order valence-electron chi connectivity index (χ1n) is 6.49. The Labute approximate surface area is 128 Å². The van der Waals surface area contributed by atoms with E-state index in [-0.39, 0.29) is 28.2 Å². The number of carbonyl (C=O) groups is 1. The predicted molar refractivity (Wildman–Crippen MR) is 76.7 cm³/mol. The molecular weight excluding hydrogens is 318 g/mol. The van der Waals surface area contributed by atoms with Gasteiger partial charge in [0.1, 0.15) is 6.61 Å². The van der Waals surface area contributed by atoms with Crippen molar-refractivity contribution in [2.24, 2.45) is 5.14 Å². The van der Waals surface area contributed by atoms with Crippen LogP contribution < -0.4 is 5.14 Å². The van der Waals surface area contributed by atoms with Gasteiger partial charge in [-0.15, -0.1) is 0 Å². The van der Waals surface area contributed by atoms with Crippen LogP contribution in [0.4, 0.5) is 0 Å². The molecule has 0 saturated carbocycles. The first-order chi connectivity index (χ1) is 9.88. The molecule has 0 aromatic heterocycles. The highest BCUT2D eigenvalue weighted by molar-refractivity contribution is 7.89. The maximum absolute atomic E-state index is 12.0. The average Bonchev–Trinajstić information content (AvgIpc) is 2.45. The fraction of sp³-hybridized carbons (Fsp3) is 0.462. The molecule has 2 N–H and O–H groups in total. The minimum atomic E-state index is -3.90. The third-order valence-electron chi connectivity index (χ3n) is 3.16. The van der Waals surface area contributed by atoms with Crippen LogP contribution in [-0.4, -0.2) is 33.7 Å². The van der Waals surface area contributed by atoms with Crippen LogP contribution in [0.3, 0.4) is 0 Å². The van der Waals surface area contributed by atoms with Crippen molar-refractivity contribution in [2.75, 3.05) is 13.2 Å². The maximum atomic E-state index is 12.0. The molecule has 1 aromatic carbocycles. The number of hydrogen-bond donors (Lipinski definition) is 1. The Morgan fingerprint density at radius 1 is 1.43 bits per heavy atom. The summed E-state index contributed by atoms with van der Waals surface area (Å²) in [5.41, 5.74) is -0.0287. The molecule has 0 bridgehead atoms. The quantitative estimate of drug-likeness (QED) is 0.846. The molecule has 8 heteroatoms. The summed E-state index contributed by atoms with van der Waals surface area (Å²) < 4.78 is 33.2. The molecule has 2 rings (SSSR count). The summed E-state index contributed by atoms with van der Waals surface area (Å²) >= 11 is 5.89. The molecule has 6 nitrogen and oxygen atoms in total. The van der Waals surface area contributed by atoms with Gasteiger partial charge in [0.25, 0.3) is 0 Å². The minimum absolute atomic E-state index is 0.0287. The summed E-state index contributed by atoms with van der Waals surface area (Å²) in [6, 6.07) is 3.65. The van der Waals surface area contributed by atoms with E-state index in [1.807, 2.05) is 0 Å². The SMILES string of the molecule is NS(=O)(=O)c1ccc(Cl)c(C(=O)OCC2CCCCO2)c1. The van der Waals surface area contributed by atoms with E-state index in [0.29, 0.717) is 6.61 Å². The van der Waals surface area contributed by atoms with Crippen LogP contribution in [0.1, 0.15) is 29.6 Å². The molecule has 1 fully saturated rings. The Balaban J connectivity index is 2.07. The molecule has 0 aliphatic carbocycles. The van der Waals surface area contributed by atoms with Crippen LogP contribution in [0.15, 0.2) is 23.1 Å². The van der Waals surface area contributed by atoms with E-state index in [9.17, 15) is 13.2 Å². The molecule has 1 aromatic rings. The molecule has 0 radical (unpaired) electrons. The summed E-state index contributed by atoms with van der Waals surface area (Å²) in [4.78, 5) is 11.8. The Kier molecular flexibility index (Phi) is 5.21. The summed E-state index contributed by atoms with van der Waals surface area (Å²) in [6.45, 7) is 0.776. The molecule has 1 atom stereocenters. The molecule has 0 spiro atoms. The lowest BCUT2D eigenvalue weighted by Crippen LogP contribution is -2.26. The van der Waals surface area contributed by atoms with Crippen LogP contribution in [0, 0.1) is 0 Å². The monoisotopic (exact) mass is 333 g/mol. The van der Waals surface area contributed by atoms with Crippen LogP contribution in [0.25, 0.3) is 0 Å². The molecular formula is C13H16ClNO5S. The Morgan fingerprint density at radius 3 is 2.81 bits per heavy atom. The lowest BCUT2D eigenvalue weighted by molar-refractivity contribution is -0.0300. The molecule has 1 aliphatic rings. The summed E-state index contributed by atoms with van der Waals surface area (Å²) in [5.74, 6) is -0.695. The summed E-state index contributed by atoms with van der Waals surface area (Å²) in [7, 11) is -3.90. The largest absolute Gasteiger partial charge is 0.459 e. The van der Waals surface area contributed by atoms with E-state index in [2.05, 4.69) is 0 Å². The minimum Gasteiger partial charge on any atom is -0.459 e. The third-order valence-corrected chi connectivity index (χ3v) is 4.40. The van der Waals surface area contributed by atoms with Crippen LogP contribution in [-0.2, 0) is 19.5 Å². The van der Waals surface area contributed by atoms with Crippen LogP contribution >= 0.6 is 11.6 Å². The molecule has 1 unspecified atom stereocenters. The molecule has 0 amide bonds. The second-order valence-electron chi connectivity index (χ2n) is 4.77. The zero-order valence-electron chi connectivity index (χ0n) is 11.2. The summed E-state index contributed by atoms with van der Waals surface area (Å²) in [5, 5.41) is 5.13. The number of sulfonamides is 1. The number of hydrogen-bond acceptors (Lipinski definition) is 5. The van der Waals surface area contributed by atoms with Gasteiger partial charge >= 0.3 is 5.97 Å². The van der Waals surface area contributed by atoms with Gasteiger partial charge in [-0.2, -0.15) is 0 Å². The second kappa shape index (κ2) is 6.74. The first kappa shape index (κ1) is 16.2. The van der Waals surface area contributed by atoms with E-state index in [1.165, 1.54) is 12.1 Å². The van der Waals surface area contributed by atoms with Gasteiger partial charge < -0.3 is 9.47 Å². The lowest BCUT2D eigenvalue weighted by atomic mass is 10.1. The molecule has 21 heavy (non-hydrogen) atoms. The van der Waals surface area contributed by atoms with E-state index in [0.717, 1.165) is 25.3 Å². The molecule has 116 valence electrons. The van der Waals surface area contributed by atoms with Gasteiger partial charge in [0, 0.05) is 6.61 Å². The van der Waals surface area contributed by atoms with Crippen molar-refractivity contribution in [3.05, 3.63) is 28.8 Å². The Morgan fingerprint density at radius 2 is 2.19 bits per heavy atom. The van der Waals surface area contributed by atoms with Gasteiger partial charge in [0.15, 0.2) is 0 Å². The van der Waals surface area contributed by atoms with Crippen molar-refractivity contribution < 1.29 is 22.7 Å². The Bertz CT molecular complexity index is 625. The van der Waals surface area contributed by atoms with E-state index in [1.54, 1.807) is 0 Å². The van der Waals surface area contributed by atoms with E-state index < -0.39 is 16.0 Å². The van der Waals surface area contributed by atoms with Gasteiger partial charge in [0.05, 0.1) is 21.6 Å². The number of ether oxygens (including phenoxy) is 2. The predicted octanol–water partition coefficient (Wildman–Crippen LogP) is 1.71. The number of nitrogens with two attached hydrogens (primary N) is 1. The fourth-order valence-electron chi connectivity index (χ4n) is 2.02. The van der Waals surface area contributed by atoms with Gasteiger partial charge in [-0.3, -0.25) is 0 Å². The van der Waals surface area contributed by atoms with Gasteiger partial charge in [0.2, 0.25) is 10.0 Å². The standard InChI is InChI=1S/C13H16ClNO5S/c14-12-5-4-10(21(15,17)18)7-11(12)13(16)20-8-9-3-1-2-6-19-9/h4-5,7,9H,1-3,6,8H2,(H2,15,17,18). The Hall–Kier alpha value is -1.15. The van der Waals surface area contributed by atoms with Crippen molar-refractivity contribution >= 4 is 27.6 Å². The van der Waals surface area contributed by atoms with E-state index >= 15 is 0 Å². The zero-order valence-corrected chi connectivity index (χ0v) is 12.8. The van der Waals surface area contributed by atoms with Crippen LogP contribution in [0.5, 0.6) is 0 Å². The summed E-state index contributed by atoms with van der Waals surface area (Å²) in [6.07, 6.45) is 2.75. The number of rotatable bonds is 4. The van der Waals surface area contributed by atoms with Gasteiger partial charge in [-0.05, 0) is 37.5 Å². The number of benzene rings is 1. The number of primary sulfonamides is 1. The fourth-order valence-corrected chi connectivity index (χ4v) is 2.76. The van der Waals surface area contributed by atoms with Crippen molar-refractivity contribution in [3.8, 4) is 0 Å². The zero-order chi connectivity index (χ0) is 15.5. The highest BCUT2D eigenvalue weighted by atomic mass is 35.5. The highest BCUT2D eigenvalue weighted by Gasteiger charge is 2.20. The van der Waals surface area contributed by atoms with Crippen molar-refractivity contribution in [1.82, 2.24) is 0 Å². The van der Waals surface area contributed by atoms with Crippen LogP contribution in [0.2, 0.25) is 5.02 Å². The van der Waals surface area contributed by atoms with E-state index in [4.69, 9.17) is 26.2 Å². The first-order valence-corrected chi connectivity index (χ1v) is 8.41. The van der Waals surface area contributed by atoms with Crippen molar-refractivity contribution in [1.29, 1.82) is 0 Å². The van der Waals surface area contributed by atoms with Gasteiger partial charge in [-0.25, -0.2) is 18.4 Å². The topological polar surface area (TPSA) is 95.7 Å². The molecule has 1 saturated heterocycles. The smallest absolute Gasteiger partial charge is 0.339 e. The second-order valence-corrected chi connectivity index (χ2v) is 6.74. The third kappa shape index (κ3) is 4.41. The number of carbonyl (C=O) groups excluding carboxylic acids is 1. The lowest BCUT2D eigenvalue weighted by Gasteiger charge is -2.22. The van der Waals surface area contributed by atoms with Crippen molar-refractivity contribution in [2.45, 2.75) is 30.3 Å². The normalized spacial score (nSPS) is 19.2. The number of halogens is 1. The van der Waals surface area contributed by atoms with Crippen molar-refractivity contribution in [3.63, 3.8) is 0 Å². The highest BCUT2D eigenvalue weighted by Crippen LogP contribution is 2.21. The average molecular weight is 334 g/mol. The van der Waals surface area contributed by atoms with Gasteiger partial charge in [-0.1, -0.05) is 11.6 Å². The number of esters is 1.